The Morgan fingerprint density at radius 1 is 1.10 bits per heavy atom. The number of H-pyrrole nitrogens is 1. The molecule has 3 aromatic rings. The summed E-state index contributed by atoms with van der Waals surface area (Å²) in [5.74, 6) is -0.368. The van der Waals surface area contributed by atoms with Crippen LogP contribution in [0.4, 0.5) is 5.69 Å². The average Bonchev–Trinajstić information content (AvgIpc) is 3.19. The van der Waals surface area contributed by atoms with Gasteiger partial charge in [0.15, 0.2) is 0 Å². The third-order valence-corrected chi connectivity index (χ3v) is 5.95. The molecule has 4 rings (SSSR count). The van der Waals surface area contributed by atoms with E-state index >= 15 is 0 Å². The predicted molar refractivity (Wildman–Crippen MR) is 127 cm³/mol. The van der Waals surface area contributed by atoms with Crippen LogP contribution in [0.15, 0.2) is 48.7 Å². The number of halogens is 1. The second-order valence-corrected chi connectivity index (χ2v) is 7.85. The quantitative estimate of drug-likeness (QED) is 0.551. The van der Waals surface area contributed by atoms with Gasteiger partial charge in [0.25, 0.3) is 5.91 Å². The standard InChI is InChI=1S/C24H27N5O.ClH/c25-16-18-8-9-22-21(15-18)19(17-27-22)5-3-4-10-28-11-13-29(14-12-28)23-7-2-1-6-20(23)24(26)30;/h1-2,6-9,15,17,27H,3-5,10-14H2,(H2,26,30);1H. The molecule has 2 heterocycles. The molecule has 1 aliphatic rings. The zero-order valence-electron chi connectivity index (χ0n) is 17.5. The van der Waals surface area contributed by atoms with E-state index in [-0.39, 0.29) is 18.3 Å². The Morgan fingerprint density at radius 3 is 2.61 bits per heavy atom. The van der Waals surface area contributed by atoms with Crippen LogP contribution in [-0.4, -0.2) is 48.5 Å². The number of aromatic nitrogens is 1. The van der Waals surface area contributed by atoms with Crippen molar-refractivity contribution in [2.24, 2.45) is 5.73 Å². The molecule has 1 amide bonds. The van der Waals surface area contributed by atoms with Crippen molar-refractivity contribution in [3.8, 4) is 6.07 Å². The van der Waals surface area contributed by atoms with E-state index in [4.69, 9.17) is 11.0 Å². The number of nitrogens with zero attached hydrogens (tertiary/aromatic N) is 3. The molecule has 0 bridgehead atoms. The zero-order chi connectivity index (χ0) is 20.9. The fraction of sp³-hybridized carbons (Fsp3) is 0.333. The Morgan fingerprint density at radius 2 is 1.87 bits per heavy atom. The minimum atomic E-state index is -0.368. The normalized spacial score (nSPS) is 14.2. The van der Waals surface area contributed by atoms with E-state index in [0.29, 0.717) is 11.1 Å². The maximum Gasteiger partial charge on any atom is 0.250 e. The van der Waals surface area contributed by atoms with E-state index in [1.54, 1.807) is 6.07 Å². The van der Waals surface area contributed by atoms with Crippen LogP contribution in [0.5, 0.6) is 0 Å². The van der Waals surface area contributed by atoms with Crippen molar-refractivity contribution in [1.82, 2.24) is 9.88 Å². The SMILES string of the molecule is Cl.N#Cc1ccc2[nH]cc(CCCCN3CCN(c4ccccc4C(N)=O)CC3)c2c1. The fourth-order valence-electron chi connectivity index (χ4n) is 4.28. The number of rotatable bonds is 7. The van der Waals surface area contributed by atoms with Gasteiger partial charge in [0.05, 0.1) is 17.2 Å². The van der Waals surface area contributed by atoms with Crippen molar-refractivity contribution in [1.29, 1.82) is 5.26 Å². The minimum Gasteiger partial charge on any atom is -0.368 e. The van der Waals surface area contributed by atoms with E-state index in [1.165, 1.54) is 5.56 Å². The van der Waals surface area contributed by atoms with Crippen molar-refractivity contribution in [3.63, 3.8) is 0 Å². The smallest absolute Gasteiger partial charge is 0.250 e. The molecule has 1 aliphatic heterocycles. The largest absolute Gasteiger partial charge is 0.368 e. The number of anilines is 1. The molecule has 1 fully saturated rings. The van der Waals surface area contributed by atoms with Gasteiger partial charge < -0.3 is 15.6 Å². The molecule has 3 N–H and O–H groups in total. The summed E-state index contributed by atoms with van der Waals surface area (Å²) in [5.41, 5.74) is 10.2. The van der Waals surface area contributed by atoms with Crippen molar-refractivity contribution in [2.75, 3.05) is 37.6 Å². The Hall–Kier alpha value is -3.01. The first kappa shape index (κ1) is 22.7. The molecule has 7 heteroatoms. The number of carbonyl (C=O) groups is 1. The van der Waals surface area contributed by atoms with E-state index in [2.05, 4.69) is 27.0 Å². The molecular weight excluding hydrogens is 410 g/mol. The zero-order valence-corrected chi connectivity index (χ0v) is 18.3. The van der Waals surface area contributed by atoms with E-state index in [9.17, 15) is 4.79 Å². The van der Waals surface area contributed by atoms with Crippen molar-refractivity contribution in [2.45, 2.75) is 19.3 Å². The van der Waals surface area contributed by atoms with Gasteiger partial charge in [0.1, 0.15) is 0 Å². The minimum absolute atomic E-state index is 0. The number of nitriles is 1. The first-order chi connectivity index (χ1) is 14.7. The summed E-state index contributed by atoms with van der Waals surface area (Å²) >= 11 is 0. The molecule has 31 heavy (non-hydrogen) atoms. The summed E-state index contributed by atoms with van der Waals surface area (Å²) < 4.78 is 0. The molecule has 2 aromatic carbocycles. The molecule has 162 valence electrons. The number of carbonyl (C=O) groups excluding carboxylic acids is 1. The number of primary amides is 1. The lowest BCUT2D eigenvalue weighted by Crippen LogP contribution is -2.47. The number of nitrogens with two attached hydrogens (primary N) is 1. The number of piperazine rings is 1. The van der Waals surface area contributed by atoms with Gasteiger partial charge in [-0.15, -0.1) is 12.4 Å². The lowest BCUT2D eigenvalue weighted by Gasteiger charge is -2.36. The summed E-state index contributed by atoms with van der Waals surface area (Å²) in [7, 11) is 0. The van der Waals surface area contributed by atoms with Gasteiger partial charge in [0.2, 0.25) is 0 Å². The molecular formula is C24H28ClN5O. The van der Waals surface area contributed by atoms with Gasteiger partial charge in [0, 0.05) is 49.0 Å². The second-order valence-electron chi connectivity index (χ2n) is 7.85. The summed E-state index contributed by atoms with van der Waals surface area (Å²) in [6.45, 7) is 4.88. The number of hydrogen-bond acceptors (Lipinski definition) is 4. The van der Waals surface area contributed by atoms with E-state index in [1.807, 2.05) is 36.4 Å². The predicted octanol–water partition coefficient (Wildman–Crippen LogP) is 3.71. The lowest BCUT2D eigenvalue weighted by molar-refractivity contribution is 0.100. The number of nitrogens with one attached hydrogen (secondary N) is 1. The van der Waals surface area contributed by atoms with Crippen molar-refractivity contribution in [3.05, 3.63) is 65.4 Å². The molecule has 6 nitrogen and oxygen atoms in total. The average molecular weight is 438 g/mol. The Balaban J connectivity index is 0.00000272. The third kappa shape index (κ3) is 5.19. The molecule has 0 saturated carbocycles. The van der Waals surface area contributed by atoms with Gasteiger partial charge >= 0.3 is 0 Å². The monoisotopic (exact) mass is 437 g/mol. The van der Waals surface area contributed by atoms with E-state index < -0.39 is 0 Å². The Kier molecular flexibility index (Phi) is 7.56. The molecule has 1 saturated heterocycles. The molecule has 0 radical (unpaired) electrons. The number of unbranched alkanes of at least 4 members (excludes halogenated alkanes) is 1. The topological polar surface area (TPSA) is 89.2 Å². The van der Waals surface area contributed by atoms with Crippen molar-refractivity contribution >= 4 is 34.9 Å². The number of aromatic amines is 1. The summed E-state index contributed by atoms with van der Waals surface area (Å²) in [6, 6.07) is 15.6. The highest BCUT2D eigenvalue weighted by atomic mass is 35.5. The summed E-state index contributed by atoms with van der Waals surface area (Å²) in [5, 5.41) is 10.3. The van der Waals surface area contributed by atoms with Crippen LogP contribution in [0.25, 0.3) is 10.9 Å². The molecule has 1 aromatic heterocycles. The van der Waals surface area contributed by atoms with Crippen molar-refractivity contribution < 1.29 is 4.79 Å². The molecule has 0 unspecified atom stereocenters. The molecule has 0 atom stereocenters. The highest BCUT2D eigenvalue weighted by molar-refractivity contribution is 5.98. The first-order valence-corrected chi connectivity index (χ1v) is 10.5. The first-order valence-electron chi connectivity index (χ1n) is 10.5. The number of para-hydroxylation sites is 1. The maximum absolute atomic E-state index is 11.7. The summed E-state index contributed by atoms with van der Waals surface area (Å²) in [4.78, 5) is 19.7. The van der Waals surface area contributed by atoms with Gasteiger partial charge in [-0.25, -0.2) is 0 Å². The van der Waals surface area contributed by atoms with Gasteiger partial charge in [-0.3, -0.25) is 9.69 Å². The van der Waals surface area contributed by atoms with Crippen LogP contribution in [-0.2, 0) is 6.42 Å². The number of fused-ring (bicyclic) bond motifs is 1. The Bertz CT molecular complexity index is 1080. The van der Waals surface area contributed by atoms with Gasteiger partial charge in [-0.2, -0.15) is 5.26 Å². The summed E-state index contributed by atoms with van der Waals surface area (Å²) in [6.07, 6.45) is 5.35. The van der Waals surface area contributed by atoms with E-state index in [0.717, 1.165) is 68.6 Å². The second kappa shape index (κ2) is 10.3. The molecule has 0 spiro atoms. The maximum atomic E-state index is 11.7. The van der Waals surface area contributed by atoms with Crippen LogP contribution < -0.4 is 10.6 Å². The fourth-order valence-corrected chi connectivity index (χ4v) is 4.28. The van der Waals surface area contributed by atoms with Gasteiger partial charge in [-0.05, 0) is 61.7 Å². The lowest BCUT2D eigenvalue weighted by atomic mass is 10.0. The van der Waals surface area contributed by atoms with Crippen LogP contribution in [0.3, 0.4) is 0 Å². The highest BCUT2D eigenvalue weighted by Crippen LogP contribution is 2.23. The van der Waals surface area contributed by atoms with Crippen LogP contribution in [0, 0.1) is 11.3 Å². The number of benzene rings is 2. The number of aryl methyl sites for hydroxylation is 1. The third-order valence-electron chi connectivity index (χ3n) is 5.95. The highest BCUT2D eigenvalue weighted by Gasteiger charge is 2.20. The van der Waals surface area contributed by atoms with Gasteiger partial charge in [-0.1, -0.05) is 12.1 Å². The Labute approximate surface area is 189 Å². The number of hydrogen-bond donors (Lipinski definition) is 2. The number of amides is 1. The molecule has 0 aliphatic carbocycles. The van der Waals surface area contributed by atoms with Crippen LogP contribution in [0.2, 0.25) is 0 Å². The van der Waals surface area contributed by atoms with Crippen LogP contribution in [0.1, 0.15) is 34.3 Å². The van der Waals surface area contributed by atoms with Crippen LogP contribution >= 0.6 is 12.4 Å².